The fraction of sp³-hybridized carbons (Fsp3) is 0.746. The van der Waals surface area contributed by atoms with Crippen LogP contribution in [0.3, 0.4) is 0 Å². The number of aliphatic hydroxyl groups is 3. The lowest BCUT2D eigenvalue weighted by molar-refractivity contribution is -0.276. The zero-order chi connectivity index (χ0) is 50.0. The van der Waals surface area contributed by atoms with Gasteiger partial charge in [0.1, 0.15) is 30.2 Å². The third-order valence-electron chi connectivity index (χ3n) is 21.9. The van der Waals surface area contributed by atoms with E-state index in [9.17, 15) is 20.1 Å². The second-order valence-electron chi connectivity index (χ2n) is 25.3. The summed E-state index contributed by atoms with van der Waals surface area (Å²) in [6.07, 6.45) is 13.5. The Balaban J connectivity index is 0.945. The van der Waals surface area contributed by atoms with Crippen LogP contribution in [0.1, 0.15) is 141 Å². The molecule has 13 heteroatoms. The number of furan rings is 1. The predicted octanol–water partition coefficient (Wildman–Crippen LogP) is 7.64. The van der Waals surface area contributed by atoms with E-state index in [1.165, 1.54) is 5.56 Å². The van der Waals surface area contributed by atoms with Gasteiger partial charge in [0.25, 0.3) is 0 Å². The van der Waals surface area contributed by atoms with Gasteiger partial charge in [-0.1, -0.05) is 82.9 Å². The number of rotatable bonds is 14. The van der Waals surface area contributed by atoms with E-state index in [2.05, 4.69) is 67.5 Å². The smallest absolute Gasteiger partial charge is 0.339 e. The molecule has 72 heavy (non-hydrogen) atoms. The zero-order valence-corrected chi connectivity index (χ0v) is 43.1. The second kappa shape index (κ2) is 18.3. The van der Waals surface area contributed by atoms with Crippen molar-refractivity contribution >= 4 is 17.7 Å². The average molecular weight is 993 g/mol. The number of carbonyl (C=O) groups excluding carboxylic acids is 3. The molecular formula is C59H80N2O11. The Labute approximate surface area is 425 Å². The van der Waals surface area contributed by atoms with Crippen molar-refractivity contribution < 1.29 is 53.1 Å². The fourth-order valence-corrected chi connectivity index (χ4v) is 18.9. The molecule has 392 valence electrons. The third kappa shape index (κ3) is 7.15. The van der Waals surface area contributed by atoms with Gasteiger partial charge in [0.15, 0.2) is 11.9 Å². The summed E-state index contributed by atoms with van der Waals surface area (Å²) in [5.74, 6) is -0.426. The van der Waals surface area contributed by atoms with Crippen molar-refractivity contribution in [3.05, 3.63) is 71.8 Å². The van der Waals surface area contributed by atoms with E-state index in [4.69, 9.17) is 23.4 Å². The van der Waals surface area contributed by atoms with Gasteiger partial charge in [0, 0.05) is 40.8 Å². The van der Waals surface area contributed by atoms with Gasteiger partial charge >= 0.3 is 11.9 Å². The highest BCUT2D eigenvalue weighted by Crippen LogP contribution is 2.83. The molecule has 2 spiro atoms. The van der Waals surface area contributed by atoms with Crippen molar-refractivity contribution in [3.63, 3.8) is 0 Å². The summed E-state index contributed by atoms with van der Waals surface area (Å²) < 4.78 is 33.8. The van der Waals surface area contributed by atoms with Crippen LogP contribution in [0.15, 0.2) is 59.4 Å². The highest BCUT2D eigenvalue weighted by Gasteiger charge is 2.93. The summed E-state index contributed by atoms with van der Waals surface area (Å²) in [5.41, 5.74) is -3.43. The molecule has 0 bridgehead atoms. The van der Waals surface area contributed by atoms with E-state index in [0.29, 0.717) is 60.8 Å². The second-order valence-corrected chi connectivity index (χ2v) is 25.3. The number of benzene rings is 1. The number of allylic oxidation sites excluding steroid dienone is 1. The van der Waals surface area contributed by atoms with E-state index in [1.54, 1.807) is 6.26 Å². The number of esters is 2. The molecule has 0 amide bonds. The van der Waals surface area contributed by atoms with Crippen LogP contribution in [0.4, 0.5) is 0 Å². The van der Waals surface area contributed by atoms with Crippen molar-refractivity contribution in [3.8, 4) is 0 Å². The monoisotopic (exact) mass is 993 g/mol. The van der Waals surface area contributed by atoms with Gasteiger partial charge in [-0.3, -0.25) is 14.9 Å². The van der Waals surface area contributed by atoms with Crippen molar-refractivity contribution in [2.75, 3.05) is 26.4 Å². The van der Waals surface area contributed by atoms with Crippen LogP contribution in [0.25, 0.3) is 0 Å². The molecule has 7 heterocycles. The average Bonchev–Trinajstić information content (AvgIpc) is 3.61. The topological polar surface area (TPSA) is 181 Å². The molecule has 20 atom stereocenters. The number of cyclic esters (lactones) is 2. The molecule has 1 aromatic carbocycles. The summed E-state index contributed by atoms with van der Waals surface area (Å²) >= 11 is 0. The Hall–Kier alpha value is -3.59. The highest BCUT2D eigenvalue weighted by atomic mass is 16.7. The number of aliphatic hydroxyl groups excluding tert-OH is 3. The molecule has 1 aromatic heterocycles. The Morgan fingerprint density at radius 2 is 1.81 bits per heavy atom. The first-order valence-electron chi connectivity index (χ1n) is 28.2. The number of ketones is 1. The number of epoxide rings is 1. The number of ether oxygens (including phenoxy) is 4. The van der Waals surface area contributed by atoms with Crippen LogP contribution in [-0.2, 0) is 46.2 Å². The molecule has 10 aliphatic rings. The van der Waals surface area contributed by atoms with Crippen LogP contribution < -0.4 is 5.32 Å². The molecule has 6 aliphatic heterocycles. The Morgan fingerprint density at radius 1 is 0.972 bits per heavy atom. The first-order chi connectivity index (χ1) is 34.7. The highest BCUT2D eigenvalue weighted by molar-refractivity contribution is 5.92. The zero-order valence-electron chi connectivity index (χ0n) is 43.1. The summed E-state index contributed by atoms with van der Waals surface area (Å²) in [6.45, 7) is 10.1. The van der Waals surface area contributed by atoms with Crippen molar-refractivity contribution in [1.82, 2.24) is 10.2 Å². The van der Waals surface area contributed by atoms with Crippen LogP contribution >= 0.6 is 0 Å². The quantitative estimate of drug-likeness (QED) is 0.107. The van der Waals surface area contributed by atoms with Gasteiger partial charge in [0.05, 0.1) is 49.7 Å². The van der Waals surface area contributed by atoms with Crippen LogP contribution in [0.5, 0.6) is 0 Å². The maximum Gasteiger partial charge on any atom is 0.339 e. The first-order valence-corrected chi connectivity index (χ1v) is 28.2. The maximum atomic E-state index is 16.2. The Morgan fingerprint density at radius 3 is 2.61 bits per heavy atom. The Kier molecular flexibility index (Phi) is 12.5. The predicted molar refractivity (Wildman–Crippen MR) is 265 cm³/mol. The fourth-order valence-electron chi connectivity index (χ4n) is 18.9. The van der Waals surface area contributed by atoms with Crippen molar-refractivity contribution in [2.24, 2.45) is 69.5 Å². The third-order valence-corrected chi connectivity index (χ3v) is 21.9. The SMILES string of the molecule is CCCC(C)CCC1(C)OC2CC(=O)OCC23C1C(=O)C(O)C1(C2CCCC(Cc4ccccc4)C2)C3CCC2(C)C(c3ccoc3CC(C(O)CO)C3CCC4C(C=CN5CNCC45)C3)OC(=O)C3OC321. The maximum absolute atomic E-state index is 16.2. The van der Waals surface area contributed by atoms with Gasteiger partial charge in [-0.25, -0.2) is 4.79 Å². The van der Waals surface area contributed by atoms with Gasteiger partial charge < -0.3 is 43.6 Å². The molecule has 13 nitrogen and oxygen atoms in total. The molecule has 12 rings (SSSR count). The lowest BCUT2D eigenvalue weighted by Crippen LogP contribution is -2.79. The summed E-state index contributed by atoms with van der Waals surface area (Å²) in [6, 6.07) is 12.9. The van der Waals surface area contributed by atoms with Gasteiger partial charge in [-0.15, -0.1) is 0 Å². The minimum Gasteiger partial charge on any atom is -0.469 e. The Bertz CT molecular complexity index is 2410. The van der Waals surface area contributed by atoms with Crippen molar-refractivity contribution in [2.45, 2.75) is 178 Å². The van der Waals surface area contributed by atoms with E-state index >= 15 is 9.59 Å². The number of hydrogen-bond donors (Lipinski definition) is 4. The van der Waals surface area contributed by atoms with E-state index in [1.807, 2.05) is 19.1 Å². The molecule has 4 aliphatic carbocycles. The van der Waals surface area contributed by atoms with Gasteiger partial charge in [-0.2, -0.15) is 0 Å². The normalized spacial score (nSPS) is 45.0. The molecule has 0 radical (unpaired) electrons. The summed E-state index contributed by atoms with van der Waals surface area (Å²) in [7, 11) is 0. The minimum absolute atomic E-state index is 0.0203. The van der Waals surface area contributed by atoms with E-state index in [-0.39, 0.29) is 61.0 Å². The lowest BCUT2D eigenvalue weighted by Gasteiger charge is -2.70. The molecule has 5 saturated heterocycles. The largest absolute Gasteiger partial charge is 0.469 e. The molecule has 9 fully saturated rings. The van der Waals surface area contributed by atoms with Crippen LogP contribution in [0.2, 0.25) is 0 Å². The molecular weight excluding hydrogens is 913 g/mol. The number of carbonyl (C=O) groups is 3. The van der Waals surface area contributed by atoms with Crippen LogP contribution in [-0.4, -0.2) is 106 Å². The standard InChI is InChI=1S/C59H80N2O11/c1-5-10-34(2)17-22-56(4)50-49(65)51(66)58(39-14-9-13-36(26-39)25-35-11-7-6-8-12-35)46(57(50)32-69-48(64)29-47(57)71-56)18-21-55(3)52(70-54(67)53-59(55,58)72-53)41-20-24-68-45(41)28-42(44(63)31-62)37-15-16-40-38(27-37)19-23-61-33-60-30-43(40)61/h6-8,11-12,19-20,23-24,34,36-40,42-44,46-47,50-53,60,62-63,66H,5,9-10,13-18,21-22,25-33H2,1-4H3. The van der Waals surface area contributed by atoms with Gasteiger partial charge in [-0.05, 0) is 136 Å². The van der Waals surface area contributed by atoms with E-state index < -0.39 is 69.9 Å². The number of hydrogen-bond acceptors (Lipinski definition) is 13. The van der Waals surface area contributed by atoms with Crippen molar-refractivity contribution in [1.29, 1.82) is 0 Å². The number of nitrogens with one attached hydrogen (secondary N) is 1. The minimum atomic E-state index is -1.48. The molecule has 4 N–H and O–H groups in total. The molecule has 2 aromatic rings. The number of nitrogens with zero attached hydrogens (tertiary/aromatic N) is 1. The number of fused-ring (bicyclic) bond motifs is 4. The summed E-state index contributed by atoms with van der Waals surface area (Å²) in [5, 5.41) is 39.6. The summed E-state index contributed by atoms with van der Waals surface area (Å²) in [4.78, 5) is 47.1. The molecule has 4 saturated carbocycles. The van der Waals surface area contributed by atoms with Crippen LogP contribution in [0, 0.1) is 69.5 Å². The molecule has 20 unspecified atom stereocenters. The number of Topliss-reactive ketones (excluding diaryl/α,β-unsaturated/α-hetero) is 1. The van der Waals surface area contributed by atoms with E-state index in [0.717, 1.165) is 83.8 Å². The van der Waals surface area contributed by atoms with Gasteiger partial charge in [0.2, 0.25) is 0 Å². The lowest BCUT2D eigenvalue weighted by atomic mass is 9.32. The first kappa shape index (κ1) is 49.3.